The van der Waals surface area contributed by atoms with Crippen LogP contribution in [0.2, 0.25) is 0 Å². The van der Waals surface area contributed by atoms with Crippen molar-refractivity contribution in [1.82, 2.24) is 0 Å². The lowest BCUT2D eigenvalue weighted by molar-refractivity contribution is -0.142. The molecule has 1 aliphatic carbocycles. The molecule has 194 valence electrons. The molecule has 0 saturated carbocycles. The largest absolute Gasteiger partial charge is 0.481 e. The van der Waals surface area contributed by atoms with Crippen molar-refractivity contribution in [2.75, 3.05) is 0 Å². The van der Waals surface area contributed by atoms with Gasteiger partial charge in [0.25, 0.3) is 0 Å². The number of ether oxygens (including phenoxy) is 1. The summed E-state index contributed by atoms with van der Waals surface area (Å²) in [7, 11) is 0. The number of hydrogen-bond acceptors (Lipinski definition) is 3. The summed E-state index contributed by atoms with van der Waals surface area (Å²) < 4.78 is 5.62. The zero-order chi connectivity index (χ0) is 26.0. The van der Waals surface area contributed by atoms with E-state index in [9.17, 15) is 14.7 Å². The number of aliphatic carboxylic acids is 1. The number of hydrogen-bond donors (Lipinski definition) is 1. The quantitative estimate of drug-likeness (QED) is 0.156. The standard InChI is InChI=1S/C33H38O4/c1-2-3-4-5-6-7-8-9-24-10-12-25(13-11-24)26-14-16-27(17-15-26)33(36)37-31-21-20-28-22-30(32(34)35)19-18-29(28)23-31/h10-17,20-21,23,30H,2-9,18-19,22H2,1H3,(H,34,35). The zero-order valence-corrected chi connectivity index (χ0v) is 21.9. The second-order valence-corrected chi connectivity index (χ2v) is 10.2. The second-order valence-electron chi connectivity index (χ2n) is 10.2. The fourth-order valence-corrected chi connectivity index (χ4v) is 5.12. The van der Waals surface area contributed by atoms with Gasteiger partial charge in [0.15, 0.2) is 0 Å². The number of carboxylic acid groups (broad SMARTS) is 1. The molecular formula is C33H38O4. The topological polar surface area (TPSA) is 63.6 Å². The van der Waals surface area contributed by atoms with Crippen LogP contribution >= 0.6 is 0 Å². The van der Waals surface area contributed by atoms with Gasteiger partial charge in [0.1, 0.15) is 5.75 Å². The molecule has 0 aliphatic heterocycles. The van der Waals surface area contributed by atoms with E-state index < -0.39 is 11.9 Å². The first kappa shape index (κ1) is 26.7. The van der Waals surface area contributed by atoms with E-state index in [0.29, 0.717) is 30.6 Å². The lowest BCUT2D eigenvalue weighted by Crippen LogP contribution is -2.22. The van der Waals surface area contributed by atoms with Crippen molar-refractivity contribution < 1.29 is 19.4 Å². The van der Waals surface area contributed by atoms with Crippen LogP contribution in [0.15, 0.2) is 66.7 Å². The molecule has 0 radical (unpaired) electrons. The molecule has 0 heterocycles. The number of carbonyl (C=O) groups excluding carboxylic acids is 1. The Balaban J connectivity index is 1.28. The van der Waals surface area contributed by atoms with Crippen LogP contribution in [0, 0.1) is 5.92 Å². The summed E-state index contributed by atoms with van der Waals surface area (Å²) in [5.74, 6) is -0.973. The molecule has 3 aromatic carbocycles. The van der Waals surface area contributed by atoms with Gasteiger partial charge in [-0.25, -0.2) is 4.79 Å². The molecule has 0 amide bonds. The molecule has 0 aromatic heterocycles. The molecule has 0 fully saturated rings. The van der Waals surface area contributed by atoms with Crippen molar-refractivity contribution in [2.24, 2.45) is 5.92 Å². The molecule has 1 atom stereocenters. The minimum atomic E-state index is -0.746. The molecule has 1 aliphatic rings. The Labute approximate surface area is 220 Å². The van der Waals surface area contributed by atoms with Crippen molar-refractivity contribution in [3.05, 3.63) is 89.0 Å². The average molecular weight is 499 g/mol. The predicted octanol–water partition coefficient (Wildman–Crippen LogP) is 8.06. The number of benzene rings is 3. The van der Waals surface area contributed by atoms with E-state index in [-0.39, 0.29) is 5.92 Å². The Morgan fingerprint density at radius 1 is 0.811 bits per heavy atom. The van der Waals surface area contributed by atoms with Crippen molar-refractivity contribution in [1.29, 1.82) is 0 Å². The average Bonchev–Trinajstić information content (AvgIpc) is 2.92. The Hall–Kier alpha value is -3.40. The van der Waals surface area contributed by atoms with Crippen LogP contribution in [-0.4, -0.2) is 17.0 Å². The van der Waals surface area contributed by atoms with Gasteiger partial charge in [-0.15, -0.1) is 0 Å². The van der Waals surface area contributed by atoms with E-state index in [1.165, 1.54) is 50.5 Å². The molecule has 1 unspecified atom stereocenters. The van der Waals surface area contributed by atoms with Crippen LogP contribution in [0.1, 0.15) is 85.3 Å². The molecule has 4 rings (SSSR count). The third-order valence-corrected chi connectivity index (χ3v) is 7.44. The highest BCUT2D eigenvalue weighted by Crippen LogP contribution is 2.29. The van der Waals surface area contributed by atoms with Gasteiger partial charge in [-0.3, -0.25) is 4.79 Å². The fraction of sp³-hybridized carbons (Fsp3) is 0.394. The number of aryl methyl sites for hydroxylation is 2. The Kier molecular flexibility index (Phi) is 9.53. The summed E-state index contributed by atoms with van der Waals surface area (Å²) >= 11 is 0. The van der Waals surface area contributed by atoms with Crippen LogP contribution < -0.4 is 4.74 Å². The maximum atomic E-state index is 12.7. The van der Waals surface area contributed by atoms with E-state index in [0.717, 1.165) is 28.7 Å². The summed E-state index contributed by atoms with van der Waals surface area (Å²) in [5, 5.41) is 9.27. The van der Waals surface area contributed by atoms with Gasteiger partial charge in [0.2, 0.25) is 0 Å². The molecule has 4 nitrogen and oxygen atoms in total. The summed E-state index contributed by atoms with van der Waals surface area (Å²) in [4.78, 5) is 24.0. The van der Waals surface area contributed by atoms with E-state index in [4.69, 9.17) is 4.74 Å². The maximum absolute atomic E-state index is 12.7. The first-order valence-corrected chi connectivity index (χ1v) is 13.8. The molecule has 37 heavy (non-hydrogen) atoms. The third kappa shape index (κ3) is 7.55. The van der Waals surface area contributed by atoms with Crippen LogP contribution in [0.4, 0.5) is 0 Å². The first-order valence-electron chi connectivity index (χ1n) is 13.8. The summed E-state index contributed by atoms with van der Waals surface area (Å²) in [6, 6.07) is 21.8. The number of fused-ring (bicyclic) bond motifs is 1. The van der Waals surface area contributed by atoms with E-state index in [1.807, 2.05) is 24.3 Å². The number of unbranched alkanes of at least 4 members (excludes halogenated alkanes) is 6. The fourth-order valence-electron chi connectivity index (χ4n) is 5.12. The number of carbonyl (C=O) groups is 2. The van der Waals surface area contributed by atoms with Gasteiger partial charge in [-0.2, -0.15) is 0 Å². The van der Waals surface area contributed by atoms with Crippen LogP contribution in [0.25, 0.3) is 11.1 Å². The van der Waals surface area contributed by atoms with E-state index in [2.05, 4.69) is 31.2 Å². The Morgan fingerprint density at radius 3 is 2.14 bits per heavy atom. The Morgan fingerprint density at radius 2 is 1.46 bits per heavy atom. The normalized spacial score (nSPS) is 14.7. The van der Waals surface area contributed by atoms with Gasteiger partial charge in [-0.05, 0) is 84.2 Å². The van der Waals surface area contributed by atoms with Gasteiger partial charge in [0.05, 0.1) is 11.5 Å². The summed E-state index contributed by atoms with van der Waals surface area (Å²) in [6.45, 7) is 2.26. The zero-order valence-electron chi connectivity index (χ0n) is 21.9. The molecule has 3 aromatic rings. The van der Waals surface area contributed by atoms with E-state index >= 15 is 0 Å². The van der Waals surface area contributed by atoms with Gasteiger partial charge in [0, 0.05) is 0 Å². The van der Waals surface area contributed by atoms with E-state index in [1.54, 1.807) is 18.2 Å². The SMILES string of the molecule is CCCCCCCCCc1ccc(-c2ccc(C(=O)Oc3ccc4c(c3)CCC(C(=O)O)C4)cc2)cc1. The lowest BCUT2D eigenvalue weighted by Gasteiger charge is -2.21. The molecule has 1 N–H and O–H groups in total. The summed E-state index contributed by atoms with van der Waals surface area (Å²) in [6.07, 6.45) is 12.2. The van der Waals surface area contributed by atoms with Crippen molar-refractivity contribution >= 4 is 11.9 Å². The highest BCUT2D eigenvalue weighted by atomic mass is 16.5. The molecule has 4 heteroatoms. The second kappa shape index (κ2) is 13.2. The van der Waals surface area contributed by atoms with Gasteiger partial charge < -0.3 is 9.84 Å². The predicted molar refractivity (Wildman–Crippen MR) is 148 cm³/mol. The molecule has 0 spiro atoms. The highest BCUT2D eigenvalue weighted by molar-refractivity contribution is 5.91. The van der Waals surface area contributed by atoms with Crippen molar-refractivity contribution in [3.8, 4) is 16.9 Å². The summed E-state index contributed by atoms with van der Waals surface area (Å²) in [5.41, 5.74) is 6.17. The number of rotatable bonds is 12. The van der Waals surface area contributed by atoms with Crippen LogP contribution in [0.5, 0.6) is 5.75 Å². The molecule has 0 saturated heterocycles. The number of carboxylic acids is 1. The number of esters is 1. The smallest absolute Gasteiger partial charge is 0.343 e. The minimum Gasteiger partial charge on any atom is -0.481 e. The Bertz CT molecular complexity index is 1180. The highest BCUT2D eigenvalue weighted by Gasteiger charge is 2.24. The third-order valence-electron chi connectivity index (χ3n) is 7.44. The van der Waals surface area contributed by atoms with Gasteiger partial charge in [-0.1, -0.05) is 87.9 Å². The van der Waals surface area contributed by atoms with Crippen LogP contribution in [-0.2, 0) is 24.1 Å². The van der Waals surface area contributed by atoms with Crippen molar-refractivity contribution in [2.45, 2.75) is 77.6 Å². The maximum Gasteiger partial charge on any atom is 0.343 e. The monoisotopic (exact) mass is 498 g/mol. The van der Waals surface area contributed by atoms with Gasteiger partial charge >= 0.3 is 11.9 Å². The van der Waals surface area contributed by atoms with Crippen molar-refractivity contribution in [3.63, 3.8) is 0 Å². The first-order chi connectivity index (χ1) is 18.0. The molecule has 0 bridgehead atoms. The van der Waals surface area contributed by atoms with Crippen LogP contribution in [0.3, 0.4) is 0 Å². The molecular weight excluding hydrogens is 460 g/mol. The minimum absolute atomic E-state index is 0.333. The lowest BCUT2D eigenvalue weighted by atomic mass is 9.84.